The van der Waals surface area contributed by atoms with Gasteiger partial charge in [-0.2, -0.15) is 13.2 Å². The summed E-state index contributed by atoms with van der Waals surface area (Å²) >= 11 is 0. The normalized spacial score (nSPS) is 21.0. The van der Waals surface area contributed by atoms with Crippen LogP contribution in [0.3, 0.4) is 0 Å². The van der Waals surface area contributed by atoms with Gasteiger partial charge in [0.15, 0.2) is 0 Å². The second-order valence-corrected chi connectivity index (χ2v) is 8.87. The molecule has 2 heterocycles. The highest BCUT2D eigenvalue weighted by Crippen LogP contribution is 2.34. The van der Waals surface area contributed by atoms with Gasteiger partial charge in [0.25, 0.3) is 5.91 Å². The topological polar surface area (TPSA) is 73.3 Å². The van der Waals surface area contributed by atoms with Gasteiger partial charge in [0, 0.05) is 56.4 Å². The Bertz CT molecular complexity index is 1040. The molecule has 7 nitrogen and oxygen atoms in total. The number of likely N-dealkylation sites (tertiary alicyclic amines) is 1. The molecule has 0 bridgehead atoms. The summed E-state index contributed by atoms with van der Waals surface area (Å²) in [6, 6.07) is 11.7. The third kappa shape index (κ3) is 5.53. The molecule has 0 spiro atoms. The van der Waals surface area contributed by atoms with Crippen molar-refractivity contribution >= 4 is 17.7 Å². The fourth-order valence-electron chi connectivity index (χ4n) is 4.81. The van der Waals surface area contributed by atoms with Crippen LogP contribution < -0.4 is 4.90 Å². The lowest BCUT2D eigenvalue weighted by Gasteiger charge is -2.42. The molecule has 2 aromatic carbocycles. The first-order valence-electron chi connectivity index (χ1n) is 11.5. The van der Waals surface area contributed by atoms with Crippen molar-refractivity contribution in [2.24, 2.45) is 0 Å². The lowest BCUT2D eigenvalue weighted by atomic mass is 9.84. The average Bonchev–Trinajstić information content (AvgIpc) is 2.87. The number of carboxylic acid groups (broad SMARTS) is 1. The molecule has 2 fully saturated rings. The molecule has 188 valence electrons. The lowest BCUT2D eigenvalue weighted by molar-refractivity contribution is -0.137. The number of anilines is 1. The van der Waals surface area contributed by atoms with Crippen LogP contribution in [0.1, 0.15) is 33.8 Å². The maximum absolute atomic E-state index is 13.3. The summed E-state index contributed by atoms with van der Waals surface area (Å²) in [5.74, 6) is -0.673. The van der Waals surface area contributed by atoms with Gasteiger partial charge in [-0.1, -0.05) is 12.1 Å². The van der Waals surface area contributed by atoms with Crippen LogP contribution in [-0.2, 0) is 10.9 Å². The Kier molecular flexibility index (Phi) is 7.20. The van der Waals surface area contributed by atoms with Gasteiger partial charge < -0.3 is 24.5 Å². The summed E-state index contributed by atoms with van der Waals surface area (Å²) in [6.07, 6.45) is -5.17. The Hall–Kier alpha value is -3.27. The van der Waals surface area contributed by atoms with Gasteiger partial charge in [-0.3, -0.25) is 4.79 Å². The Balaban J connectivity index is 1.54. The van der Waals surface area contributed by atoms with Crippen molar-refractivity contribution in [1.82, 2.24) is 9.80 Å². The molecule has 2 aromatic rings. The molecule has 0 aromatic heterocycles. The Morgan fingerprint density at radius 2 is 1.63 bits per heavy atom. The standard InChI is InChI=1S/C25H28F3N3O4/c1-29(23(32)18-4-8-20(9-5-18)30-12-14-35-15-13-30)22-10-11-31(24(33)34)16-21(22)17-2-6-19(7-3-17)25(26,27)28/h2-9,21-22H,10-16H2,1H3,(H,33,34). The van der Waals surface area contributed by atoms with Crippen molar-refractivity contribution in [3.63, 3.8) is 0 Å². The first kappa shape index (κ1) is 24.8. The molecule has 0 radical (unpaired) electrons. The zero-order valence-corrected chi connectivity index (χ0v) is 19.4. The highest BCUT2D eigenvalue weighted by molar-refractivity contribution is 5.94. The number of halogens is 3. The SMILES string of the molecule is CN(C(=O)c1ccc(N2CCOCC2)cc1)C1CCN(C(=O)O)CC1c1ccc(C(F)(F)F)cc1. The number of carbonyl (C=O) groups excluding carboxylic acids is 1. The van der Waals surface area contributed by atoms with E-state index < -0.39 is 23.8 Å². The van der Waals surface area contributed by atoms with Crippen LogP contribution in [0.15, 0.2) is 48.5 Å². The molecule has 2 amide bonds. The number of hydrogen-bond acceptors (Lipinski definition) is 4. The van der Waals surface area contributed by atoms with Gasteiger partial charge in [-0.25, -0.2) is 4.79 Å². The average molecular weight is 492 g/mol. The largest absolute Gasteiger partial charge is 0.465 e. The van der Waals surface area contributed by atoms with Gasteiger partial charge in [0.05, 0.1) is 18.8 Å². The van der Waals surface area contributed by atoms with E-state index in [0.717, 1.165) is 30.9 Å². The van der Waals surface area contributed by atoms with E-state index in [0.29, 0.717) is 30.8 Å². The fourth-order valence-corrected chi connectivity index (χ4v) is 4.81. The highest BCUT2D eigenvalue weighted by atomic mass is 19.4. The van der Waals surface area contributed by atoms with Gasteiger partial charge in [-0.05, 0) is 48.4 Å². The van der Waals surface area contributed by atoms with Crippen LogP contribution in [-0.4, -0.2) is 79.4 Å². The number of nitrogens with zero attached hydrogens (tertiary/aromatic N) is 3. The molecule has 10 heteroatoms. The number of piperidine rings is 1. The third-order valence-electron chi connectivity index (χ3n) is 6.82. The maximum Gasteiger partial charge on any atom is 0.416 e. The van der Waals surface area contributed by atoms with Crippen molar-refractivity contribution in [3.8, 4) is 0 Å². The number of morpholine rings is 1. The monoisotopic (exact) mass is 491 g/mol. The van der Waals surface area contributed by atoms with Crippen LogP contribution in [0.4, 0.5) is 23.7 Å². The summed E-state index contributed by atoms with van der Waals surface area (Å²) in [6.45, 7) is 3.21. The van der Waals surface area contributed by atoms with Crippen LogP contribution in [0.25, 0.3) is 0 Å². The minimum atomic E-state index is -4.46. The second kappa shape index (κ2) is 10.2. The molecule has 4 rings (SSSR count). The summed E-state index contributed by atoms with van der Waals surface area (Å²) < 4.78 is 44.5. The van der Waals surface area contributed by atoms with Crippen molar-refractivity contribution in [2.75, 3.05) is 51.3 Å². The molecular weight excluding hydrogens is 463 g/mol. The number of rotatable bonds is 4. The number of ether oxygens (including phenoxy) is 1. The number of benzene rings is 2. The zero-order valence-electron chi connectivity index (χ0n) is 19.4. The van der Waals surface area contributed by atoms with Crippen LogP contribution in [0.2, 0.25) is 0 Å². The van der Waals surface area contributed by atoms with E-state index in [1.165, 1.54) is 17.0 Å². The second-order valence-electron chi connectivity index (χ2n) is 8.87. The van der Waals surface area contributed by atoms with E-state index in [2.05, 4.69) is 4.90 Å². The molecule has 2 aliphatic rings. The van der Waals surface area contributed by atoms with Crippen LogP contribution >= 0.6 is 0 Å². The first-order valence-corrected chi connectivity index (χ1v) is 11.5. The van der Waals surface area contributed by atoms with E-state index in [1.807, 2.05) is 12.1 Å². The number of hydrogen-bond donors (Lipinski definition) is 1. The minimum absolute atomic E-state index is 0.0962. The predicted octanol–water partition coefficient (Wildman–Crippen LogP) is 4.15. The van der Waals surface area contributed by atoms with E-state index in [9.17, 15) is 27.9 Å². The molecule has 0 saturated carbocycles. The summed E-state index contributed by atoms with van der Waals surface area (Å²) in [5.41, 5.74) is 1.30. The highest BCUT2D eigenvalue weighted by Gasteiger charge is 2.37. The van der Waals surface area contributed by atoms with Crippen molar-refractivity contribution < 1.29 is 32.6 Å². The van der Waals surface area contributed by atoms with Gasteiger partial charge in [0.1, 0.15) is 0 Å². The molecule has 1 N–H and O–H groups in total. The summed E-state index contributed by atoms with van der Waals surface area (Å²) in [5, 5.41) is 9.48. The van der Waals surface area contributed by atoms with Crippen LogP contribution in [0.5, 0.6) is 0 Å². The smallest absolute Gasteiger partial charge is 0.416 e. The van der Waals surface area contributed by atoms with Gasteiger partial charge >= 0.3 is 12.3 Å². The Morgan fingerprint density at radius 1 is 1.00 bits per heavy atom. The fraction of sp³-hybridized carbons (Fsp3) is 0.440. The number of alkyl halides is 3. The Labute approximate surface area is 201 Å². The van der Waals surface area contributed by atoms with Gasteiger partial charge in [-0.15, -0.1) is 0 Å². The summed E-state index contributed by atoms with van der Waals surface area (Å²) in [4.78, 5) is 29.9. The molecule has 2 saturated heterocycles. The molecule has 2 atom stereocenters. The minimum Gasteiger partial charge on any atom is -0.465 e. The third-order valence-corrected chi connectivity index (χ3v) is 6.82. The van der Waals surface area contributed by atoms with Crippen molar-refractivity contribution in [3.05, 3.63) is 65.2 Å². The van der Waals surface area contributed by atoms with Gasteiger partial charge in [0.2, 0.25) is 0 Å². The quantitative estimate of drug-likeness (QED) is 0.696. The first-order chi connectivity index (χ1) is 16.6. The molecule has 2 aliphatic heterocycles. The maximum atomic E-state index is 13.3. The Morgan fingerprint density at radius 3 is 2.20 bits per heavy atom. The lowest BCUT2D eigenvalue weighted by Crippen LogP contribution is -2.51. The van der Waals surface area contributed by atoms with E-state index in [4.69, 9.17) is 4.74 Å². The van der Waals surface area contributed by atoms with Crippen molar-refractivity contribution in [1.29, 1.82) is 0 Å². The van der Waals surface area contributed by atoms with E-state index in [-0.39, 0.29) is 25.0 Å². The predicted molar refractivity (Wildman–Crippen MR) is 124 cm³/mol. The van der Waals surface area contributed by atoms with E-state index >= 15 is 0 Å². The molecular formula is C25H28F3N3O4. The zero-order chi connectivity index (χ0) is 25.2. The molecule has 0 aliphatic carbocycles. The number of carbonyl (C=O) groups is 2. The van der Waals surface area contributed by atoms with E-state index in [1.54, 1.807) is 24.1 Å². The van der Waals surface area contributed by atoms with Crippen LogP contribution in [0, 0.1) is 0 Å². The summed E-state index contributed by atoms with van der Waals surface area (Å²) in [7, 11) is 1.66. The molecule has 2 unspecified atom stereocenters. The van der Waals surface area contributed by atoms with Crippen molar-refractivity contribution in [2.45, 2.75) is 24.6 Å². The number of likely N-dealkylation sites (N-methyl/N-ethyl adjacent to an activating group) is 1. The molecule has 35 heavy (non-hydrogen) atoms. The number of amides is 2.